The molecule has 0 N–H and O–H groups in total. The van der Waals surface area contributed by atoms with Crippen LogP contribution in [-0.4, -0.2) is 31.8 Å². The standard InChI is InChI=1S/C12H17NO4S2/c1-4-12-10(3)13(19(12,16)17)18(14,15)11-7-5-9(2)6-8-11/h5-8,10,12H,4H2,1-3H3/t10-,12-/m1/s1. The quantitative estimate of drug-likeness (QED) is 0.848. The highest BCUT2D eigenvalue weighted by atomic mass is 32.3. The van der Waals surface area contributed by atoms with Crippen LogP contribution < -0.4 is 0 Å². The number of nitrogens with zero attached hydrogens (tertiary/aromatic N) is 1. The van der Waals surface area contributed by atoms with E-state index < -0.39 is 31.3 Å². The molecule has 1 fully saturated rings. The van der Waals surface area contributed by atoms with Crippen LogP contribution in [0.25, 0.3) is 0 Å². The van der Waals surface area contributed by atoms with Crippen molar-refractivity contribution in [2.45, 2.75) is 43.4 Å². The summed E-state index contributed by atoms with van der Waals surface area (Å²) in [5, 5.41) is -0.604. The summed E-state index contributed by atoms with van der Waals surface area (Å²) in [6.07, 6.45) is 0.420. The van der Waals surface area contributed by atoms with Crippen molar-refractivity contribution in [2.24, 2.45) is 0 Å². The lowest BCUT2D eigenvalue weighted by molar-refractivity contribution is 0.352. The monoisotopic (exact) mass is 303 g/mol. The van der Waals surface area contributed by atoms with Crippen LogP contribution in [0.4, 0.5) is 0 Å². The van der Waals surface area contributed by atoms with Crippen molar-refractivity contribution in [2.75, 3.05) is 0 Å². The van der Waals surface area contributed by atoms with Gasteiger partial charge in [0.2, 0.25) is 10.0 Å². The summed E-state index contributed by atoms with van der Waals surface area (Å²) in [4.78, 5) is 0.0167. The number of rotatable bonds is 3. The zero-order chi connectivity index (χ0) is 14.4. The number of benzene rings is 1. The smallest absolute Gasteiger partial charge is 0.211 e. The Morgan fingerprint density at radius 1 is 1.21 bits per heavy atom. The van der Waals surface area contributed by atoms with Gasteiger partial charge in [0.25, 0.3) is 10.0 Å². The molecule has 0 aromatic heterocycles. The lowest BCUT2D eigenvalue weighted by Crippen LogP contribution is -2.63. The van der Waals surface area contributed by atoms with Crippen molar-refractivity contribution in [3.05, 3.63) is 29.8 Å². The molecule has 1 aliphatic heterocycles. The summed E-state index contributed by atoms with van der Waals surface area (Å²) in [5.74, 6) is 0. The van der Waals surface area contributed by atoms with Crippen LogP contribution in [-0.2, 0) is 20.0 Å². The first-order valence-corrected chi connectivity index (χ1v) is 9.02. The Morgan fingerprint density at radius 3 is 2.16 bits per heavy atom. The number of hydrogen-bond acceptors (Lipinski definition) is 4. The van der Waals surface area contributed by atoms with Crippen LogP contribution in [0.1, 0.15) is 25.8 Å². The van der Waals surface area contributed by atoms with Crippen molar-refractivity contribution in [3.63, 3.8) is 0 Å². The first-order valence-electron chi connectivity index (χ1n) is 6.08. The molecule has 1 heterocycles. The van der Waals surface area contributed by atoms with E-state index in [4.69, 9.17) is 0 Å². The second kappa shape index (κ2) is 4.57. The van der Waals surface area contributed by atoms with Crippen LogP contribution in [0.3, 0.4) is 0 Å². The third kappa shape index (κ3) is 2.09. The van der Waals surface area contributed by atoms with E-state index >= 15 is 0 Å². The van der Waals surface area contributed by atoms with Gasteiger partial charge in [-0.05, 0) is 32.4 Å². The summed E-state index contributed by atoms with van der Waals surface area (Å²) >= 11 is 0. The van der Waals surface area contributed by atoms with Crippen molar-refractivity contribution >= 4 is 20.0 Å². The van der Waals surface area contributed by atoms with Gasteiger partial charge < -0.3 is 0 Å². The topological polar surface area (TPSA) is 71.5 Å². The Labute approximate surface area is 114 Å². The molecule has 5 nitrogen and oxygen atoms in total. The minimum atomic E-state index is -3.97. The average Bonchev–Trinajstić information content (AvgIpc) is 2.28. The maximum absolute atomic E-state index is 12.4. The second-order valence-corrected chi connectivity index (χ2v) is 8.85. The van der Waals surface area contributed by atoms with Gasteiger partial charge in [-0.25, -0.2) is 16.8 Å². The molecule has 1 aliphatic rings. The van der Waals surface area contributed by atoms with Crippen LogP contribution >= 0.6 is 0 Å². The normalized spacial score (nSPS) is 26.9. The summed E-state index contributed by atoms with van der Waals surface area (Å²) in [7, 11) is -7.71. The fraction of sp³-hybridized carbons (Fsp3) is 0.500. The van der Waals surface area contributed by atoms with Crippen molar-refractivity contribution in [1.29, 1.82) is 0 Å². The number of sulfonamides is 2. The molecule has 7 heteroatoms. The lowest BCUT2D eigenvalue weighted by atomic mass is 10.2. The third-order valence-electron chi connectivity index (χ3n) is 3.46. The SMILES string of the molecule is CC[C@@H]1[C@@H](C)N(S(=O)(=O)c2ccc(C)cc2)S1(=O)=O. The van der Waals surface area contributed by atoms with Crippen molar-refractivity contribution < 1.29 is 16.8 Å². The minimum Gasteiger partial charge on any atom is -0.211 e. The Hall–Kier alpha value is -0.920. The van der Waals surface area contributed by atoms with Gasteiger partial charge in [0.1, 0.15) is 0 Å². The molecular formula is C12H17NO4S2. The Morgan fingerprint density at radius 2 is 1.74 bits per heavy atom. The largest absolute Gasteiger partial charge is 0.256 e. The molecule has 0 bridgehead atoms. The minimum absolute atomic E-state index is 0.0167. The predicted octanol–water partition coefficient (Wildman–Crippen LogP) is 1.50. The first kappa shape index (κ1) is 14.5. The van der Waals surface area contributed by atoms with E-state index in [1.807, 2.05) is 6.92 Å². The van der Waals surface area contributed by atoms with E-state index in [9.17, 15) is 16.8 Å². The van der Waals surface area contributed by atoms with Gasteiger partial charge in [0.05, 0.1) is 16.2 Å². The van der Waals surface area contributed by atoms with Crippen LogP contribution in [0.5, 0.6) is 0 Å². The lowest BCUT2D eigenvalue weighted by Gasteiger charge is -2.43. The molecule has 2 rings (SSSR count). The van der Waals surface area contributed by atoms with Crippen LogP contribution in [0.15, 0.2) is 29.2 Å². The molecular weight excluding hydrogens is 286 g/mol. The highest BCUT2D eigenvalue weighted by Gasteiger charge is 2.56. The van der Waals surface area contributed by atoms with Gasteiger partial charge >= 0.3 is 0 Å². The molecule has 2 atom stereocenters. The van der Waals surface area contributed by atoms with E-state index in [0.717, 1.165) is 5.56 Å². The predicted molar refractivity (Wildman–Crippen MR) is 72.7 cm³/mol. The van der Waals surface area contributed by atoms with Gasteiger partial charge in [-0.15, -0.1) is 0 Å². The Balaban J connectivity index is 2.45. The Bertz CT molecular complexity index is 677. The third-order valence-corrected chi connectivity index (χ3v) is 8.67. The van der Waals surface area contributed by atoms with E-state index in [1.54, 1.807) is 26.0 Å². The second-order valence-electron chi connectivity index (χ2n) is 4.78. The molecule has 1 saturated heterocycles. The summed E-state index contributed by atoms with van der Waals surface area (Å²) < 4.78 is 49.4. The molecule has 0 unspecified atom stereocenters. The molecule has 0 radical (unpaired) electrons. The molecule has 0 aliphatic carbocycles. The molecule has 0 saturated carbocycles. The van der Waals surface area contributed by atoms with Crippen molar-refractivity contribution in [1.82, 2.24) is 3.71 Å². The molecule has 19 heavy (non-hydrogen) atoms. The van der Waals surface area contributed by atoms with Gasteiger partial charge in [0.15, 0.2) is 0 Å². The van der Waals surface area contributed by atoms with Gasteiger partial charge in [-0.2, -0.15) is 0 Å². The van der Waals surface area contributed by atoms with Crippen LogP contribution in [0, 0.1) is 6.92 Å². The number of hydrogen-bond donors (Lipinski definition) is 0. The molecule has 1 aromatic rings. The highest BCUT2D eigenvalue weighted by molar-refractivity contribution is 8.05. The number of aryl methyl sites for hydroxylation is 1. The van der Waals surface area contributed by atoms with E-state index in [-0.39, 0.29) is 4.90 Å². The van der Waals surface area contributed by atoms with Gasteiger partial charge in [-0.3, -0.25) is 0 Å². The van der Waals surface area contributed by atoms with E-state index in [2.05, 4.69) is 0 Å². The fourth-order valence-electron chi connectivity index (χ4n) is 2.41. The van der Waals surface area contributed by atoms with E-state index in [1.165, 1.54) is 12.1 Å². The summed E-state index contributed by atoms with van der Waals surface area (Å²) in [6, 6.07) is 5.67. The maximum atomic E-state index is 12.4. The zero-order valence-corrected chi connectivity index (χ0v) is 12.7. The molecule has 106 valence electrons. The average molecular weight is 303 g/mol. The zero-order valence-electron chi connectivity index (χ0n) is 11.1. The summed E-state index contributed by atoms with van der Waals surface area (Å²) in [5.41, 5.74) is 0.921. The first-order chi connectivity index (χ1) is 8.72. The molecule has 1 aromatic carbocycles. The molecule has 0 spiro atoms. The van der Waals surface area contributed by atoms with Crippen LogP contribution in [0.2, 0.25) is 0 Å². The Kier molecular flexibility index (Phi) is 3.49. The molecule has 0 amide bonds. The maximum Gasteiger partial charge on any atom is 0.256 e. The van der Waals surface area contributed by atoms with Gasteiger partial charge in [0, 0.05) is 0 Å². The highest BCUT2D eigenvalue weighted by Crippen LogP contribution is 2.37. The fourth-order valence-corrected chi connectivity index (χ4v) is 7.17. The van der Waals surface area contributed by atoms with Gasteiger partial charge in [-0.1, -0.05) is 28.3 Å². The summed E-state index contributed by atoms with van der Waals surface area (Å²) in [6.45, 7) is 5.21. The van der Waals surface area contributed by atoms with E-state index in [0.29, 0.717) is 10.1 Å². The van der Waals surface area contributed by atoms with Crippen molar-refractivity contribution in [3.8, 4) is 0 Å².